The molecule has 0 aromatic heterocycles. The molecular weight excluding hydrogens is 255 g/mol. The molecule has 0 aliphatic carbocycles. The van der Waals surface area contributed by atoms with Crippen molar-refractivity contribution in [2.75, 3.05) is 6.61 Å². The fraction of sp³-hybridized carbons (Fsp3) is 0.471. The van der Waals surface area contributed by atoms with Crippen LogP contribution in [0.1, 0.15) is 44.2 Å². The summed E-state index contributed by atoms with van der Waals surface area (Å²) in [5, 5.41) is 0. The number of Topliss-reactive ketones (excluding diaryl/α,β-unsaturated/α-hetero) is 1. The third-order valence-electron chi connectivity index (χ3n) is 2.96. The fourth-order valence-electron chi connectivity index (χ4n) is 1.99. The van der Waals surface area contributed by atoms with Crippen LogP contribution in [0.4, 0.5) is 4.39 Å². The lowest BCUT2D eigenvalue weighted by molar-refractivity contribution is -0.117. The van der Waals surface area contributed by atoms with Crippen LogP contribution in [0, 0.1) is 12.7 Å². The standard InChI is InChI=1S/C17H23FO2/c1-12(2)11-20-16-10-13(3)9-15(17(16)18)8-6-5-7-14(4)19/h9-10H,1,5-8,11H2,2-4H3. The lowest BCUT2D eigenvalue weighted by atomic mass is 10.0. The maximum absolute atomic E-state index is 14.3. The minimum absolute atomic E-state index is 0.181. The zero-order valence-electron chi connectivity index (χ0n) is 12.6. The second kappa shape index (κ2) is 7.83. The Kier molecular flexibility index (Phi) is 6.43. The van der Waals surface area contributed by atoms with Gasteiger partial charge in [-0.3, -0.25) is 0 Å². The Morgan fingerprint density at radius 2 is 2.00 bits per heavy atom. The lowest BCUT2D eigenvalue weighted by Crippen LogP contribution is -2.03. The smallest absolute Gasteiger partial charge is 0.168 e. The van der Waals surface area contributed by atoms with Gasteiger partial charge in [0.2, 0.25) is 0 Å². The first-order valence-corrected chi connectivity index (χ1v) is 6.95. The number of ketones is 1. The van der Waals surface area contributed by atoms with Crippen LogP contribution < -0.4 is 4.74 Å². The molecule has 0 aliphatic heterocycles. The molecule has 0 bridgehead atoms. The van der Waals surface area contributed by atoms with E-state index >= 15 is 0 Å². The van der Waals surface area contributed by atoms with E-state index in [4.69, 9.17) is 4.74 Å². The van der Waals surface area contributed by atoms with Gasteiger partial charge in [0.15, 0.2) is 11.6 Å². The van der Waals surface area contributed by atoms with Crippen molar-refractivity contribution < 1.29 is 13.9 Å². The first kappa shape index (κ1) is 16.4. The normalized spacial score (nSPS) is 10.4. The van der Waals surface area contributed by atoms with Gasteiger partial charge in [0.25, 0.3) is 0 Å². The molecule has 0 fully saturated rings. The number of hydrogen-bond acceptors (Lipinski definition) is 2. The van der Waals surface area contributed by atoms with Crippen molar-refractivity contribution in [1.29, 1.82) is 0 Å². The molecule has 0 atom stereocenters. The van der Waals surface area contributed by atoms with E-state index in [1.165, 1.54) is 0 Å². The largest absolute Gasteiger partial charge is 0.486 e. The molecule has 0 radical (unpaired) electrons. The van der Waals surface area contributed by atoms with Crippen LogP contribution in [0.25, 0.3) is 0 Å². The van der Waals surface area contributed by atoms with Gasteiger partial charge in [-0.05, 0) is 62.8 Å². The first-order chi connectivity index (χ1) is 9.40. The molecule has 0 spiro atoms. The Hall–Kier alpha value is -1.64. The maximum atomic E-state index is 14.3. The Morgan fingerprint density at radius 1 is 1.30 bits per heavy atom. The number of carbonyl (C=O) groups excluding carboxylic acids is 1. The summed E-state index contributed by atoms with van der Waals surface area (Å²) in [5.41, 5.74) is 2.49. The summed E-state index contributed by atoms with van der Waals surface area (Å²) >= 11 is 0. The number of ether oxygens (including phenoxy) is 1. The molecule has 0 aliphatic rings. The molecule has 110 valence electrons. The Morgan fingerprint density at radius 3 is 2.60 bits per heavy atom. The van der Waals surface area contributed by atoms with Crippen LogP contribution in [0.3, 0.4) is 0 Å². The maximum Gasteiger partial charge on any atom is 0.168 e. The third kappa shape index (κ3) is 5.55. The van der Waals surface area contributed by atoms with E-state index in [1.807, 2.05) is 19.9 Å². The molecule has 0 saturated carbocycles. The van der Waals surface area contributed by atoms with E-state index in [9.17, 15) is 9.18 Å². The Bertz CT molecular complexity index is 492. The SMILES string of the molecule is C=C(C)COc1cc(C)cc(CCCCC(C)=O)c1F. The van der Waals surface area contributed by atoms with E-state index < -0.39 is 0 Å². The van der Waals surface area contributed by atoms with Crippen LogP contribution in [0.5, 0.6) is 5.75 Å². The van der Waals surface area contributed by atoms with E-state index in [2.05, 4.69) is 6.58 Å². The van der Waals surface area contributed by atoms with Crippen molar-refractivity contribution in [2.24, 2.45) is 0 Å². The molecule has 3 heteroatoms. The molecule has 0 N–H and O–H groups in total. The number of aryl methyl sites for hydroxylation is 2. The molecule has 0 amide bonds. The average molecular weight is 278 g/mol. The highest BCUT2D eigenvalue weighted by atomic mass is 19.1. The number of benzene rings is 1. The fourth-order valence-corrected chi connectivity index (χ4v) is 1.99. The summed E-state index contributed by atoms with van der Waals surface area (Å²) in [6.45, 7) is 9.41. The van der Waals surface area contributed by atoms with Gasteiger partial charge in [-0.25, -0.2) is 4.39 Å². The highest BCUT2D eigenvalue weighted by Crippen LogP contribution is 2.25. The number of unbranched alkanes of at least 4 members (excludes halogenated alkanes) is 1. The van der Waals surface area contributed by atoms with E-state index in [-0.39, 0.29) is 17.3 Å². The quantitative estimate of drug-likeness (QED) is 0.520. The monoisotopic (exact) mass is 278 g/mol. The van der Waals surface area contributed by atoms with Crippen molar-refractivity contribution in [2.45, 2.75) is 46.5 Å². The zero-order valence-corrected chi connectivity index (χ0v) is 12.6. The van der Waals surface area contributed by atoms with Gasteiger partial charge >= 0.3 is 0 Å². The average Bonchev–Trinajstić information content (AvgIpc) is 2.35. The predicted octanol–water partition coefficient (Wildman–Crippen LogP) is 4.39. The van der Waals surface area contributed by atoms with Crippen LogP contribution in [-0.2, 0) is 11.2 Å². The van der Waals surface area contributed by atoms with Gasteiger partial charge in [-0.1, -0.05) is 12.6 Å². The van der Waals surface area contributed by atoms with Crippen LogP contribution >= 0.6 is 0 Å². The summed E-state index contributed by atoms with van der Waals surface area (Å²) in [5.74, 6) is 0.175. The van der Waals surface area contributed by atoms with E-state index in [0.717, 1.165) is 24.0 Å². The first-order valence-electron chi connectivity index (χ1n) is 6.95. The van der Waals surface area contributed by atoms with Gasteiger partial charge in [-0.15, -0.1) is 0 Å². The summed E-state index contributed by atoms with van der Waals surface area (Å²) in [7, 11) is 0. The van der Waals surface area contributed by atoms with Crippen molar-refractivity contribution in [1.82, 2.24) is 0 Å². The number of halogens is 1. The van der Waals surface area contributed by atoms with Crippen molar-refractivity contribution in [3.63, 3.8) is 0 Å². The number of carbonyl (C=O) groups is 1. The minimum Gasteiger partial charge on any atom is -0.486 e. The number of rotatable bonds is 8. The molecule has 1 aromatic carbocycles. The Labute approximate surface area is 120 Å². The molecule has 0 unspecified atom stereocenters. The summed E-state index contributed by atoms with van der Waals surface area (Å²) in [6.07, 6.45) is 2.79. The molecule has 1 rings (SSSR count). The predicted molar refractivity (Wildman–Crippen MR) is 79.7 cm³/mol. The van der Waals surface area contributed by atoms with Gasteiger partial charge in [-0.2, -0.15) is 0 Å². The third-order valence-corrected chi connectivity index (χ3v) is 2.96. The van der Waals surface area contributed by atoms with Crippen LogP contribution in [0.2, 0.25) is 0 Å². The Balaban J connectivity index is 2.70. The summed E-state index contributed by atoms with van der Waals surface area (Å²) < 4.78 is 19.7. The number of hydrogen-bond donors (Lipinski definition) is 0. The molecule has 0 heterocycles. The van der Waals surface area contributed by atoms with E-state index in [1.54, 1.807) is 13.0 Å². The van der Waals surface area contributed by atoms with Gasteiger partial charge < -0.3 is 9.53 Å². The van der Waals surface area contributed by atoms with E-state index in [0.29, 0.717) is 25.0 Å². The van der Waals surface area contributed by atoms with Gasteiger partial charge in [0.1, 0.15) is 12.4 Å². The zero-order chi connectivity index (χ0) is 15.1. The summed E-state index contributed by atoms with van der Waals surface area (Å²) in [6, 6.07) is 3.55. The lowest BCUT2D eigenvalue weighted by Gasteiger charge is -2.12. The molecule has 20 heavy (non-hydrogen) atoms. The highest BCUT2D eigenvalue weighted by Gasteiger charge is 2.11. The van der Waals surface area contributed by atoms with Crippen LogP contribution in [0.15, 0.2) is 24.3 Å². The summed E-state index contributed by atoms with van der Waals surface area (Å²) in [4.78, 5) is 10.9. The second-order valence-electron chi connectivity index (χ2n) is 5.39. The van der Waals surface area contributed by atoms with Crippen molar-refractivity contribution >= 4 is 5.78 Å². The highest BCUT2D eigenvalue weighted by molar-refractivity contribution is 5.75. The molecular formula is C17H23FO2. The van der Waals surface area contributed by atoms with Crippen LogP contribution in [-0.4, -0.2) is 12.4 Å². The molecule has 2 nitrogen and oxygen atoms in total. The minimum atomic E-state index is -0.292. The molecule has 0 saturated heterocycles. The van der Waals surface area contributed by atoms with Gasteiger partial charge in [0, 0.05) is 6.42 Å². The molecule has 1 aromatic rings. The second-order valence-corrected chi connectivity index (χ2v) is 5.39. The van der Waals surface area contributed by atoms with Crippen molar-refractivity contribution in [3.8, 4) is 5.75 Å². The van der Waals surface area contributed by atoms with Gasteiger partial charge in [0.05, 0.1) is 0 Å². The topological polar surface area (TPSA) is 26.3 Å². The van der Waals surface area contributed by atoms with Crippen molar-refractivity contribution in [3.05, 3.63) is 41.2 Å².